The maximum Gasteiger partial charge on any atom is 0.171 e. The van der Waals surface area contributed by atoms with Crippen LogP contribution >= 0.6 is 11.8 Å². The second-order valence-electron chi connectivity index (χ2n) is 4.28. The lowest BCUT2D eigenvalue weighted by molar-refractivity contribution is 0.100. The van der Waals surface area contributed by atoms with E-state index in [1.807, 2.05) is 12.1 Å². The van der Waals surface area contributed by atoms with Gasteiger partial charge in [-0.05, 0) is 31.0 Å². The summed E-state index contributed by atoms with van der Waals surface area (Å²) in [6.45, 7) is 1.58. The van der Waals surface area contributed by atoms with Crippen molar-refractivity contribution in [1.82, 2.24) is 0 Å². The number of nitrogens with two attached hydrogens (primary N) is 1. The first-order valence-corrected chi connectivity index (χ1v) is 7.03. The molecular weight excluding hydrogens is 264 g/mol. The smallest absolute Gasteiger partial charge is 0.171 e. The topological polar surface area (TPSA) is 77.1 Å². The number of oxime groups is 1. The summed E-state index contributed by atoms with van der Waals surface area (Å²) in [5, 5.41) is 12.4. The third-order valence-electron chi connectivity index (χ3n) is 3.03. The summed E-state index contributed by atoms with van der Waals surface area (Å²) in [6.07, 6.45) is 2.02. The fourth-order valence-corrected chi connectivity index (χ4v) is 3.24. The van der Waals surface area contributed by atoms with Crippen molar-refractivity contribution in [1.29, 1.82) is 0 Å². The molecule has 104 valence electrons. The van der Waals surface area contributed by atoms with Crippen LogP contribution in [0.5, 0.6) is 5.75 Å². The van der Waals surface area contributed by atoms with Gasteiger partial charge in [-0.25, -0.2) is 0 Å². The average Bonchev–Trinajstić information content (AvgIpc) is 2.47. The van der Waals surface area contributed by atoms with Gasteiger partial charge in [-0.3, -0.25) is 0 Å². The zero-order chi connectivity index (χ0) is 13.7. The van der Waals surface area contributed by atoms with Gasteiger partial charge < -0.3 is 20.4 Å². The molecule has 0 atom stereocenters. The molecule has 0 radical (unpaired) electrons. The molecule has 5 nitrogen and oxygen atoms in total. The van der Waals surface area contributed by atoms with Gasteiger partial charge in [0.05, 0.1) is 7.11 Å². The fraction of sp³-hybridized carbons (Fsp3) is 0.462. The van der Waals surface area contributed by atoms with E-state index in [-0.39, 0.29) is 5.84 Å². The van der Waals surface area contributed by atoms with Crippen LogP contribution in [-0.2, 0) is 4.74 Å². The highest BCUT2D eigenvalue weighted by molar-refractivity contribution is 8.00. The van der Waals surface area contributed by atoms with E-state index in [2.05, 4.69) is 5.16 Å². The number of thioether (sulfide) groups is 1. The minimum Gasteiger partial charge on any atom is -0.497 e. The largest absolute Gasteiger partial charge is 0.497 e. The molecule has 1 saturated heterocycles. The lowest BCUT2D eigenvalue weighted by Gasteiger charge is -2.22. The number of rotatable bonds is 4. The Labute approximate surface area is 116 Å². The summed E-state index contributed by atoms with van der Waals surface area (Å²) < 4.78 is 10.6. The van der Waals surface area contributed by atoms with E-state index < -0.39 is 0 Å². The van der Waals surface area contributed by atoms with Crippen molar-refractivity contribution in [3.05, 3.63) is 23.8 Å². The van der Waals surface area contributed by atoms with E-state index >= 15 is 0 Å². The van der Waals surface area contributed by atoms with Gasteiger partial charge >= 0.3 is 0 Å². The first kappa shape index (κ1) is 14.0. The predicted molar refractivity (Wildman–Crippen MR) is 75.2 cm³/mol. The molecule has 0 saturated carbocycles. The van der Waals surface area contributed by atoms with Gasteiger partial charge in [-0.15, -0.1) is 11.8 Å². The highest BCUT2D eigenvalue weighted by Gasteiger charge is 2.18. The van der Waals surface area contributed by atoms with Crippen molar-refractivity contribution in [2.45, 2.75) is 23.0 Å². The molecule has 0 bridgehead atoms. The molecule has 0 spiro atoms. The van der Waals surface area contributed by atoms with Gasteiger partial charge in [0, 0.05) is 28.9 Å². The van der Waals surface area contributed by atoms with Gasteiger partial charge in [0.2, 0.25) is 0 Å². The number of amidine groups is 1. The van der Waals surface area contributed by atoms with E-state index in [1.165, 1.54) is 0 Å². The summed E-state index contributed by atoms with van der Waals surface area (Å²) in [5.41, 5.74) is 6.45. The fourth-order valence-electron chi connectivity index (χ4n) is 1.97. The van der Waals surface area contributed by atoms with E-state index in [0.717, 1.165) is 42.3 Å². The molecular formula is C13H18N2O3S. The molecule has 19 heavy (non-hydrogen) atoms. The van der Waals surface area contributed by atoms with Crippen LogP contribution in [0, 0.1) is 0 Å². The van der Waals surface area contributed by atoms with Crippen LogP contribution < -0.4 is 10.5 Å². The standard InChI is InChI=1S/C13H18N2O3S/c1-17-9-2-3-11(13(14)15-16)12(8-9)19-10-4-6-18-7-5-10/h2-3,8,10,16H,4-7H2,1H3,(H2,14,15). The van der Waals surface area contributed by atoms with Crippen molar-refractivity contribution in [3.63, 3.8) is 0 Å². The molecule has 1 heterocycles. The molecule has 6 heteroatoms. The second kappa shape index (κ2) is 6.68. The molecule has 3 N–H and O–H groups in total. The third kappa shape index (κ3) is 3.54. The summed E-state index contributed by atoms with van der Waals surface area (Å²) in [6, 6.07) is 5.55. The van der Waals surface area contributed by atoms with Crippen LogP contribution in [0.15, 0.2) is 28.3 Å². The Balaban J connectivity index is 2.24. The normalized spacial score (nSPS) is 17.4. The minimum atomic E-state index is 0.122. The molecule has 0 aliphatic carbocycles. The first-order chi connectivity index (χ1) is 9.24. The van der Waals surface area contributed by atoms with E-state index in [9.17, 15) is 0 Å². The number of hydrogen-bond donors (Lipinski definition) is 2. The van der Waals surface area contributed by atoms with Crippen molar-refractivity contribution >= 4 is 17.6 Å². The number of nitrogens with zero attached hydrogens (tertiary/aromatic N) is 1. The van der Waals surface area contributed by atoms with Gasteiger partial charge in [0.25, 0.3) is 0 Å². The molecule has 0 unspecified atom stereocenters. The summed E-state index contributed by atoms with van der Waals surface area (Å²) in [7, 11) is 1.63. The Bertz CT molecular complexity index is 459. The monoisotopic (exact) mass is 282 g/mol. The zero-order valence-corrected chi connectivity index (χ0v) is 11.7. The predicted octanol–water partition coefficient (Wildman–Crippen LogP) is 2.06. The molecule has 1 aliphatic rings. The molecule has 1 aromatic rings. The number of methoxy groups -OCH3 is 1. The SMILES string of the molecule is COc1ccc(/C(N)=N/O)c(SC2CCOCC2)c1. The van der Waals surface area contributed by atoms with Crippen LogP contribution in [0.25, 0.3) is 0 Å². The number of ether oxygens (including phenoxy) is 2. The summed E-state index contributed by atoms with van der Waals surface area (Å²) in [5.74, 6) is 0.890. The van der Waals surface area contributed by atoms with Crippen molar-refractivity contribution in [2.24, 2.45) is 10.9 Å². The van der Waals surface area contributed by atoms with Gasteiger partial charge in [0.15, 0.2) is 5.84 Å². The molecule has 1 fully saturated rings. The highest BCUT2D eigenvalue weighted by atomic mass is 32.2. The van der Waals surface area contributed by atoms with Crippen molar-refractivity contribution in [3.8, 4) is 5.75 Å². The quantitative estimate of drug-likeness (QED) is 0.382. The number of hydrogen-bond acceptors (Lipinski definition) is 5. The average molecular weight is 282 g/mol. The van der Waals surface area contributed by atoms with Crippen LogP contribution in [0.4, 0.5) is 0 Å². The molecule has 1 aliphatic heterocycles. The van der Waals surface area contributed by atoms with Gasteiger partial charge in [-0.2, -0.15) is 0 Å². The third-order valence-corrected chi connectivity index (χ3v) is 4.43. The zero-order valence-electron chi connectivity index (χ0n) is 10.8. The second-order valence-corrected chi connectivity index (χ2v) is 5.62. The first-order valence-electron chi connectivity index (χ1n) is 6.15. The molecule has 0 aromatic heterocycles. The summed E-state index contributed by atoms with van der Waals surface area (Å²) >= 11 is 1.73. The van der Waals surface area contributed by atoms with Gasteiger partial charge in [0.1, 0.15) is 5.75 Å². The van der Waals surface area contributed by atoms with Crippen LogP contribution in [0.1, 0.15) is 18.4 Å². The molecule has 0 amide bonds. The Morgan fingerprint density at radius 1 is 1.47 bits per heavy atom. The molecule has 2 rings (SSSR count). The Hall–Kier alpha value is -1.40. The highest BCUT2D eigenvalue weighted by Crippen LogP contribution is 2.34. The Morgan fingerprint density at radius 2 is 2.21 bits per heavy atom. The van der Waals surface area contributed by atoms with E-state index in [4.69, 9.17) is 20.4 Å². The van der Waals surface area contributed by atoms with Crippen molar-refractivity contribution < 1.29 is 14.7 Å². The Morgan fingerprint density at radius 3 is 2.84 bits per heavy atom. The van der Waals surface area contributed by atoms with Crippen LogP contribution in [0.3, 0.4) is 0 Å². The maximum absolute atomic E-state index is 8.85. The lowest BCUT2D eigenvalue weighted by Crippen LogP contribution is -2.19. The van der Waals surface area contributed by atoms with Crippen LogP contribution in [-0.4, -0.2) is 36.6 Å². The Kier molecular flexibility index (Phi) is 4.93. The van der Waals surface area contributed by atoms with Crippen LogP contribution in [0.2, 0.25) is 0 Å². The lowest BCUT2D eigenvalue weighted by atomic mass is 10.2. The minimum absolute atomic E-state index is 0.122. The maximum atomic E-state index is 8.85. The number of benzene rings is 1. The summed E-state index contributed by atoms with van der Waals surface area (Å²) in [4.78, 5) is 0.974. The molecule has 1 aromatic carbocycles. The van der Waals surface area contributed by atoms with Crippen molar-refractivity contribution in [2.75, 3.05) is 20.3 Å². The van der Waals surface area contributed by atoms with E-state index in [1.54, 1.807) is 24.9 Å². The van der Waals surface area contributed by atoms with E-state index in [0.29, 0.717) is 5.25 Å². The van der Waals surface area contributed by atoms with Gasteiger partial charge in [-0.1, -0.05) is 5.16 Å².